The minimum Gasteiger partial charge on any atom is -0.423 e. The van der Waals surface area contributed by atoms with Gasteiger partial charge in [0, 0.05) is 50.7 Å². The first-order valence-electron chi connectivity index (χ1n) is 11.7. The fraction of sp³-hybridized carbons (Fsp3) is 0.417. The van der Waals surface area contributed by atoms with Crippen molar-refractivity contribution in [2.45, 2.75) is 45.3 Å². The first-order chi connectivity index (χ1) is 16.0. The van der Waals surface area contributed by atoms with Crippen molar-refractivity contribution < 1.29 is 10.0 Å². The molecule has 2 atom stereocenters. The van der Waals surface area contributed by atoms with Crippen molar-refractivity contribution in [3.8, 4) is 11.4 Å². The standard InChI is InChI=1S/C24H31BN6O2/c1-4-29-13-11-20(28(29)3)16-31-22-9-8-19(25(32)33)14-21(22)27-24(31)18-7-10-23(26-15-18)30-12-5-6-17(30)2/h7-11,13-15,17,20,32-33H,4-6,12,16H2,1-3H3. The lowest BCUT2D eigenvalue weighted by Crippen LogP contribution is -2.39. The first kappa shape index (κ1) is 21.9. The molecular formula is C24H31BN6O2. The molecule has 0 radical (unpaired) electrons. The highest BCUT2D eigenvalue weighted by molar-refractivity contribution is 6.58. The monoisotopic (exact) mass is 446 g/mol. The van der Waals surface area contributed by atoms with E-state index < -0.39 is 7.12 Å². The van der Waals surface area contributed by atoms with Crippen molar-refractivity contribution in [3.05, 3.63) is 48.8 Å². The SMILES string of the molecule is CCN1C=CC(Cn2c(-c3ccc(N4CCCC4C)nc3)nc3cc(B(O)O)ccc32)N1C. The molecule has 1 saturated heterocycles. The summed E-state index contributed by atoms with van der Waals surface area (Å²) in [6.45, 7) is 7.07. The van der Waals surface area contributed by atoms with Gasteiger partial charge in [0.2, 0.25) is 0 Å². The van der Waals surface area contributed by atoms with Gasteiger partial charge in [0.15, 0.2) is 0 Å². The lowest BCUT2D eigenvalue weighted by molar-refractivity contribution is 0.0463. The average Bonchev–Trinajstić information content (AvgIpc) is 3.51. The molecule has 9 heteroatoms. The van der Waals surface area contributed by atoms with Crippen molar-refractivity contribution in [1.82, 2.24) is 24.6 Å². The predicted octanol–water partition coefficient (Wildman–Crippen LogP) is 1.83. The summed E-state index contributed by atoms with van der Waals surface area (Å²) in [6.07, 6.45) is 8.65. The number of pyridine rings is 1. The number of hydrogen-bond acceptors (Lipinski definition) is 7. The molecular weight excluding hydrogens is 415 g/mol. The van der Waals surface area contributed by atoms with Crippen LogP contribution in [0.15, 0.2) is 48.8 Å². The van der Waals surface area contributed by atoms with Crippen LogP contribution in [0, 0.1) is 0 Å². The lowest BCUT2D eigenvalue weighted by Gasteiger charge is -2.29. The Labute approximate surface area is 194 Å². The highest BCUT2D eigenvalue weighted by Crippen LogP contribution is 2.29. The van der Waals surface area contributed by atoms with Gasteiger partial charge in [-0.05, 0) is 62.5 Å². The van der Waals surface area contributed by atoms with Crippen LogP contribution in [-0.4, -0.2) is 73.9 Å². The molecule has 0 bridgehead atoms. The number of hydrogen-bond donors (Lipinski definition) is 2. The Morgan fingerprint density at radius 1 is 1.18 bits per heavy atom. The van der Waals surface area contributed by atoms with Crippen LogP contribution in [0.5, 0.6) is 0 Å². The smallest absolute Gasteiger partial charge is 0.423 e. The van der Waals surface area contributed by atoms with Crippen LogP contribution < -0.4 is 10.4 Å². The zero-order valence-electron chi connectivity index (χ0n) is 19.5. The number of benzene rings is 1. The van der Waals surface area contributed by atoms with Gasteiger partial charge in [0.1, 0.15) is 11.6 Å². The second-order valence-corrected chi connectivity index (χ2v) is 9.00. The number of anilines is 1. The van der Waals surface area contributed by atoms with Crippen LogP contribution in [0.25, 0.3) is 22.4 Å². The van der Waals surface area contributed by atoms with E-state index in [0.717, 1.165) is 47.9 Å². The molecule has 5 rings (SSSR count). The van der Waals surface area contributed by atoms with Crippen molar-refractivity contribution in [2.75, 3.05) is 25.0 Å². The van der Waals surface area contributed by atoms with E-state index in [1.54, 1.807) is 12.1 Å². The molecule has 2 N–H and O–H groups in total. The molecule has 0 aliphatic carbocycles. The number of likely N-dealkylation sites (N-methyl/N-ethyl adjacent to an activating group) is 1. The van der Waals surface area contributed by atoms with Crippen LogP contribution in [0.4, 0.5) is 5.82 Å². The van der Waals surface area contributed by atoms with E-state index >= 15 is 0 Å². The minimum atomic E-state index is -1.52. The lowest BCUT2D eigenvalue weighted by atomic mass is 9.80. The van der Waals surface area contributed by atoms with Gasteiger partial charge < -0.3 is 24.5 Å². The van der Waals surface area contributed by atoms with Crippen LogP contribution in [0.3, 0.4) is 0 Å². The van der Waals surface area contributed by atoms with Gasteiger partial charge >= 0.3 is 7.12 Å². The minimum absolute atomic E-state index is 0.196. The summed E-state index contributed by atoms with van der Waals surface area (Å²) < 4.78 is 2.21. The van der Waals surface area contributed by atoms with E-state index in [0.29, 0.717) is 11.5 Å². The zero-order chi connectivity index (χ0) is 23.1. The zero-order valence-corrected chi connectivity index (χ0v) is 19.5. The molecule has 0 saturated carbocycles. The Bertz CT molecular complexity index is 1160. The van der Waals surface area contributed by atoms with Gasteiger partial charge in [0.25, 0.3) is 0 Å². The van der Waals surface area contributed by atoms with E-state index in [9.17, 15) is 10.0 Å². The maximum atomic E-state index is 9.64. The van der Waals surface area contributed by atoms with Gasteiger partial charge in [-0.25, -0.2) is 15.0 Å². The second kappa shape index (κ2) is 8.81. The number of fused-ring (bicyclic) bond motifs is 1. The summed E-state index contributed by atoms with van der Waals surface area (Å²) in [5.74, 6) is 1.84. The quantitative estimate of drug-likeness (QED) is 0.560. The molecule has 8 nitrogen and oxygen atoms in total. The van der Waals surface area contributed by atoms with Gasteiger partial charge in [-0.2, -0.15) is 0 Å². The maximum Gasteiger partial charge on any atom is 0.488 e. The predicted molar refractivity (Wildman–Crippen MR) is 132 cm³/mol. The van der Waals surface area contributed by atoms with E-state index in [4.69, 9.17) is 9.97 Å². The van der Waals surface area contributed by atoms with E-state index in [2.05, 4.69) is 64.8 Å². The van der Waals surface area contributed by atoms with E-state index in [1.165, 1.54) is 12.8 Å². The summed E-state index contributed by atoms with van der Waals surface area (Å²) >= 11 is 0. The molecule has 1 aromatic carbocycles. The molecule has 172 valence electrons. The summed E-state index contributed by atoms with van der Waals surface area (Å²) in [5.41, 5.74) is 3.09. The summed E-state index contributed by atoms with van der Waals surface area (Å²) in [5, 5.41) is 23.7. The number of rotatable bonds is 6. The molecule has 1 fully saturated rings. The third kappa shape index (κ3) is 4.01. The second-order valence-electron chi connectivity index (χ2n) is 9.00. The van der Waals surface area contributed by atoms with E-state index in [1.807, 2.05) is 12.3 Å². The fourth-order valence-corrected chi connectivity index (χ4v) is 4.99. The third-order valence-electron chi connectivity index (χ3n) is 6.98. The molecule has 2 aliphatic rings. The first-order valence-corrected chi connectivity index (χ1v) is 11.7. The molecule has 33 heavy (non-hydrogen) atoms. The normalized spacial score (nSPS) is 21.0. The molecule has 2 unspecified atom stereocenters. The average molecular weight is 446 g/mol. The summed E-state index contributed by atoms with van der Waals surface area (Å²) in [4.78, 5) is 12.0. The Hall–Kier alpha value is -2.88. The van der Waals surface area contributed by atoms with Gasteiger partial charge in [0.05, 0.1) is 17.1 Å². The van der Waals surface area contributed by atoms with Crippen LogP contribution in [0.2, 0.25) is 0 Å². The Kier molecular flexibility index (Phi) is 5.86. The Balaban J connectivity index is 1.54. The van der Waals surface area contributed by atoms with Crippen LogP contribution >= 0.6 is 0 Å². The number of aromatic nitrogens is 3. The van der Waals surface area contributed by atoms with Crippen molar-refractivity contribution in [2.24, 2.45) is 0 Å². The molecule has 2 aromatic heterocycles. The summed E-state index contributed by atoms with van der Waals surface area (Å²) in [7, 11) is 0.578. The van der Waals surface area contributed by atoms with Crippen molar-refractivity contribution in [1.29, 1.82) is 0 Å². The molecule has 0 spiro atoms. The van der Waals surface area contributed by atoms with Gasteiger partial charge in [-0.15, -0.1) is 0 Å². The number of imidazole rings is 1. The Morgan fingerprint density at radius 2 is 2.03 bits per heavy atom. The molecule has 4 heterocycles. The van der Waals surface area contributed by atoms with E-state index in [-0.39, 0.29) is 6.04 Å². The molecule has 3 aromatic rings. The van der Waals surface area contributed by atoms with Crippen LogP contribution in [-0.2, 0) is 6.54 Å². The van der Waals surface area contributed by atoms with Crippen LogP contribution in [0.1, 0.15) is 26.7 Å². The third-order valence-corrected chi connectivity index (χ3v) is 6.98. The van der Waals surface area contributed by atoms with Gasteiger partial charge in [-0.1, -0.05) is 6.07 Å². The molecule has 2 aliphatic heterocycles. The van der Waals surface area contributed by atoms with Crippen molar-refractivity contribution >= 4 is 29.4 Å². The van der Waals surface area contributed by atoms with Gasteiger partial charge in [-0.3, -0.25) is 0 Å². The topological polar surface area (TPSA) is 80.9 Å². The largest absolute Gasteiger partial charge is 0.488 e. The number of hydrazine groups is 1. The summed E-state index contributed by atoms with van der Waals surface area (Å²) in [6, 6.07) is 10.3. The van der Waals surface area contributed by atoms with Crippen molar-refractivity contribution in [3.63, 3.8) is 0 Å². The fourth-order valence-electron chi connectivity index (χ4n) is 4.99. The Morgan fingerprint density at radius 3 is 2.67 bits per heavy atom. The maximum absolute atomic E-state index is 9.64. The highest BCUT2D eigenvalue weighted by atomic mass is 16.4. The number of nitrogens with zero attached hydrogens (tertiary/aromatic N) is 6. The highest BCUT2D eigenvalue weighted by Gasteiger charge is 2.26. The molecule has 0 amide bonds.